The van der Waals surface area contributed by atoms with Crippen molar-refractivity contribution in [2.24, 2.45) is 5.92 Å². The standard InChI is InChI=1S/C16H22BrNOS/c1-11-10-14(20-15(11)17)16(19)18-9-5-8-13(18)12-6-3-2-4-7-12/h10,12-13H,2-9H2,1H3. The molecule has 2 aliphatic rings. The van der Waals surface area contributed by atoms with Gasteiger partial charge in [-0.15, -0.1) is 11.3 Å². The van der Waals surface area contributed by atoms with Crippen LogP contribution in [0.2, 0.25) is 0 Å². The predicted molar refractivity (Wildman–Crippen MR) is 87.4 cm³/mol. The fourth-order valence-corrected chi connectivity index (χ4v) is 5.25. The van der Waals surface area contributed by atoms with Gasteiger partial charge in [-0.2, -0.15) is 0 Å². The van der Waals surface area contributed by atoms with Crippen molar-refractivity contribution >= 4 is 33.2 Å². The van der Waals surface area contributed by atoms with Crippen molar-refractivity contribution in [2.75, 3.05) is 6.54 Å². The Labute approximate surface area is 133 Å². The maximum atomic E-state index is 12.8. The second kappa shape index (κ2) is 6.18. The Morgan fingerprint density at radius 1 is 1.25 bits per heavy atom. The molecule has 1 amide bonds. The third-order valence-electron chi connectivity index (χ3n) is 4.82. The summed E-state index contributed by atoms with van der Waals surface area (Å²) in [5, 5.41) is 0. The summed E-state index contributed by atoms with van der Waals surface area (Å²) in [6.07, 6.45) is 9.12. The van der Waals surface area contributed by atoms with Crippen LogP contribution in [0.25, 0.3) is 0 Å². The zero-order valence-corrected chi connectivity index (χ0v) is 14.4. The molecule has 1 aliphatic carbocycles. The minimum Gasteiger partial charge on any atom is -0.335 e. The molecule has 3 rings (SSSR count). The molecular weight excluding hydrogens is 334 g/mol. The smallest absolute Gasteiger partial charge is 0.264 e. The molecule has 1 atom stereocenters. The third-order valence-corrected chi connectivity index (χ3v) is 6.95. The van der Waals surface area contributed by atoms with E-state index < -0.39 is 0 Å². The molecule has 1 aliphatic heterocycles. The van der Waals surface area contributed by atoms with Crippen molar-refractivity contribution in [3.8, 4) is 0 Å². The largest absolute Gasteiger partial charge is 0.335 e. The van der Waals surface area contributed by atoms with Gasteiger partial charge in [0.15, 0.2) is 0 Å². The second-order valence-corrected chi connectivity index (χ2v) is 8.54. The lowest BCUT2D eigenvalue weighted by molar-refractivity contribution is 0.0666. The molecule has 2 heterocycles. The van der Waals surface area contributed by atoms with Gasteiger partial charge in [-0.25, -0.2) is 0 Å². The van der Waals surface area contributed by atoms with Crippen molar-refractivity contribution in [1.82, 2.24) is 4.90 Å². The molecule has 1 saturated heterocycles. The highest BCUT2D eigenvalue weighted by Gasteiger charge is 2.35. The molecule has 0 N–H and O–H groups in total. The highest BCUT2D eigenvalue weighted by atomic mass is 79.9. The highest BCUT2D eigenvalue weighted by molar-refractivity contribution is 9.11. The molecule has 0 radical (unpaired) electrons. The van der Waals surface area contributed by atoms with Gasteiger partial charge in [-0.3, -0.25) is 4.79 Å². The maximum Gasteiger partial charge on any atom is 0.264 e. The summed E-state index contributed by atoms with van der Waals surface area (Å²) < 4.78 is 1.09. The molecule has 0 aromatic carbocycles. The average Bonchev–Trinajstić information content (AvgIpc) is 3.07. The molecule has 1 aromatic heterocycles. The Balaban J connectivity index is 1.75. The number of hydrogen-bond donors (Lipinski definition) is 0. The van der Waals surface area contributed by atoms with Crippen LogP contribution in [0.15, 0.2) is 9.85 Å². The van der Waals surface area contributed by atoms with Gasteiger partial charge >= 0.3 is 0 Å². The van der Waals surface area contributed by atoms with E-state index in [-0.39, 0.29) is 5.91 Å². The van der Waals surface area contributed by atoms with E-state index in [0.717, 1.165) is 21.1 Å². The van der Waals surface area contributed by atoms with Crippen molar-refractivity contribution in [2.45, 2.75) is 57.9 Å². The number of rotatable bonds is 2. The molecule has 2 nitrogen and oxygen atoms in total. The number of halogens is 1. The predicted octanol–water partition coefficient (Wildman–Crippen LogP) is 5.00. The molecule has 2 fully saturated rings. The van der Waals surface area contributed by atoms with Crippen LogP contribution in [0.5, 0.6) is 0 Å². The normalized spacial score (nSPS) is 24.3. The zero-order valence-electron chi connectivity index (χ0n) is 12.0. The topological polar surface area (TPSA) is 20.3 Å². The van der Waals surface area contributed by atoms with E-state index in [2.05, 4.69) is 27.8 Å². The first-order valence-electron chi connectivity index (χ1n) is 7.73. The van der Waals surface area contributed by atoms with Gasteiger partial charge in [0.2, 0.25) is 0 Å². The Hall–Kier alpha value is -0.350. The molecule has 0 bridgehead atoms. The van der Waals surface area contributed by atoms with Crippen LogP contribution in [0.4, 0.5) is 0 Å². The zero-order chi connectivity index (χ0) is 14.1. The second-order valence-electron chi connectivity index (χ2n) is 6.17. The summed E-state index contributed by atoms with van der Waals surface area (Å²) in [5.74, 6) is 1.01. The fraction of sp³-hybridized carbons (Fsp3) is 0.688. The Kier molecular flexibility index (Phi) is 4.51. The van der Waals surface area contributed by atoms with Crippen molar-refractivity contribution < 1.29 is 4.79 Å². The van der Waals surface area contributed by atoms with E-state index in [0.29, 0.717) is 6.04 Å². The fourth-order valence-electron chi connectivity index (χ4n) is 3.76. The van der Waals surface area contributed by atoms with Crippen LogP contribution in [-0.4, -0.2) is 23.4 Å². The Bertz CT molecular complexity index is 473. The van der Waals surface area contributed by atoms with Gasteiger partial charge in [0, 0.05) is 12.6 Å². The summed E-state index contributed by atoms with van der Waals surface area (Å²) in [4.78, 5) is 15.9. The van der Waals surface area contributed by atoms with Gasteiger partial charge in [0.25, 0.3) is 5.91 Å². The number of amides is 1. The number of likely N-dealkylation sites (tertiary alicyclic amines) is 1. The molecule has 4 heteroatoms. The first-order chi connectivity index (χ1) is 9.66. The van der Waals surface area contributed by atoms with Crippen LogP contribution in [-0.2, 0) is 0 Å². The van der Waals surface area contributed by atoms with Crippen LogP contribution < -0.4 is 0 Å². The monoisotopic (exact) mass is 355 g/mol. The summed E-state index contributed by atoms with van der Waals surface area (Å²) in [5.41, 5.74) is 1.17. The summed E-state index contributed by atoms with van der Waals surface area (Å²) in [6.45, 7) is 3.01. The lowest BCUT2D eigenvalue weighted by Gasteiger charge is -2.33. The van der Waals surface area contributed by atoms with E-state index in [4.69, 9.17) is 0 Å². The molecular formula is C16H22BrNOS. The van der Waals surface area contributed by atoms with Crippen LogP contribution in [0, 0.1) is 12.8 Å². The quantitative estimate of drug-likeness (QED) is 0.730. The van der Waals surface area contributed by atoms with Crippen LogP contribution in [0.3, 0.4) is 0 Å². The Morgan fingerprint density at radius 3 is 2.65 bits per heavy atom. The number of nitrogens with zero attached hydrogens (tertiary/aromatic N) is 1. The lowest BCUT2D eigenvalue weighted by atomic mass is 9.83. The third kappa shape index (κ3) is 2.82. The summed E-state index contributed by atoms with van der Waals surface area (Å²) in [7, 11) is 0. The summed E-state index contributed by atoms with van der Waals surface area (Å²) >= 11 is 5.12. The van der Waals surface area contributed by atoms with Gasteiger partial charge < -0.3 is 4.90 Å². The molecule has 1 unspecified atom stereocenters. The van der Waals surface area contributed by atoms with Gasteiger partial charge in [-0.1, -0.05) is 19.3 Å². The average molecular weight is 356 g/mol. The number of carbonyl (C=O) groups is 1. The van der Waals surface area contributed by atoms with Crippen LogP contribution in [0.1, 0.15) is 60.2 Å². The number of thiophene rings is 1. The van der Waals surface area contributed by atoms with E-state index >= 15 is 0 Å². The summed E-state index contributed by atoms with van der Waals surface area (Å²) in [6, 6.07) is 2.54. The van der Waals surface area contributed by atoms with Crippen LogP contribution >= 0.6 is 27.3 Å². The Morgan fingerprint density at radius 2 is 2.00 bits per heavy atom. The molecule has 110 valence electrons. The van der Waals surface area contributed by atoms with Gasteiger partial charge in [0.1, 0.15) is 0 Å². The number of hydrogen-bond acceptors (Lipinski definition) is 2. The first kappa shape index (κ1) is 14.6. The van der Waals surface area contributed by atoms with Crippen molar-refractivity contribution in [1.29, 1.82) is 0 Å². The molecule has 1 aromatic rings. The number of carbonyl (C=O) groups excluding carboxylic acids is 1. The SMILES string of the molecule is Cc1cc(C(=O)N2CCCC2C2CCCCC2)sc1Br. The van der Waals surface area contributed by atoms with Gasteiger partial charge in [-0.05, 0) is 66.1 Å². The van der Waals surface area contributed by atoms with E-state index in [9.17, 15) is 4.79 Å². The number of aryl methyl sites for hydroxylation is 1. The molecule has 20 heavy (non-hydrogen) atoms. The maximum absolute atomic E-state index is 12.8. The van der Waals surface area contributed by atoms with Gasteiger partial charge in [0.05, 0.1) is 8.66 Å². The van der Waals surface area contributed by atoms with E-state index in [1.165, 1.54) is 50.5 Å². The molecule has 1 saturated carbocycles. The van der Waals surface area contributed by atoms with Crippen molar-refractivity contribution in [3.05, 3.63) is 20.3 Å². The first-order valence-corrected chi connectivity index (χ1v) is 9.34. The lowest BCUT2D eigenvalue weighted by Crippen LogP contribution is -2.40. The minimum absolute atomic E-state index is 0.261. The van der Waals surface area contributed by atoms with E-state index in [1.807, 2.05) is 6.07 Å². The van der Waals surface area contributed by atoms with E-state index in [1.54, 1.807) is 11.3 Å². The highest BCUT2D eigenvalue weighted by Crippen LogP contribution is 2.36. The minimum atomic E-state index is 0.261. The van der Waals surface area contributed by atoms with Crippen molar-refractivity contribution in [3.63, 3.8) is 0 Å². The molecule has 0 spiro atoms.